The second-order valence-corrected chi connectivity index (χ2v) is 23.5. The molecule has 290 valence electrons. The van der Waals surface area contributed by atoms with Crippen LogP contribution in [0.5, 0.6) is 5.75 Å². The van der Waals surface area contributed by atoms with Gasteiger partial charge in [-0.3, -0.25) is 9.55 Å². The van der Waals surface area contributed by atoms with Gasteiger partial charge in [0.05, 0.1) is 19.3 Å². The van der Waals surface area contributed by atoms with E-state index < -0.39 is 8.07 Å². The Bertz CT molecular complexity index is 2770. The predicted octanol–water partition coefficient (Wildman–Crippen LogP) is 13.0. The van der Waals surface area contributed by atoms with Gasteiger partial charge in [0.2, 0.25) is 0 Å². The second-order valence-electron chi connectivity index (χ2n) is 18.4. The van der Waals surface area contributed by atoms with Crippen LogP contribution in [0.1, 0.15) is 52.7 Å². The first kappa shape index (κ1) is 38.7. The van der Waals surface area contributed by atoms with Crippen LogP contribution >= 0.6 is 0 Å². The largest absolute Gasteiger partial charge is 0.507 e. The molecule has 8 rings (SSSR count). The van der Waals surface area contributed by atoms with Gasteiger partial charge in [-0.05, 0) is 85.8 Å². The summed E-state index contributed by atoms with van der Waals surface area (Å²) in [5, 5.41) is 13.4. The fourth-order valence-electron chi connectivity index (χ4n) is 7.79. The molecule has 1 N–H and O–H groups in total. The number of imidazole rings is 1. The Balaban J connectivity index is 1.28. The highest BCUT2D eigenvalue weighted by Crippen LogP contribution is 2.44. The summed E-state index contributed by atoms with van der Waals surface area (Å²) in [5.74, 6) is 0.896. The molecule has 8 aromatic rings. The third-order valence-corrected chi connectivity index (χ3v) is 13.1. The highest BCUT2D eigenvalue weighted by molar-refractivity contribution is 6.89. The Hall–Kier alpha value is -6.11. The summed E-state index contributed by atoms with van der Waals surface area (Å²) in [4.78, 5) is 15.5. The van der Waals surface area contributed by atoms with Crippen molar-refractivity contribution in [1.82, 2.24) is 19.5 Å². The Morgan fingerprint density at radius 2 is 1.17 bits per heavy atom. The number of para-hydroxylation sites is 1. The van der Waals surface area contributed by atoms with Crippen molar-refractivity contribution in [2.24, 2.45) is 0 Å². The van der Waals surface area contributed by atoms with Crippen LogP contribution in [-0.2, 0) is 10.8 Å². The molecule has 0 saturated heterocycles. The number of hydrogen-bond donors (Lipinski definition) is 1. The quantitative estimate of drug-likeness (QED) is 0.164. The number of fused-ring (bicyclic) bond motifs is 1. The lowest BCUT2D eigenvalue weighted by atomic mass is 9.79. The monoisotopic (exact) mass is 776 g/mol. The van der Waals surface area contributed by atoms with Gasteiger partial charge < -0.3 is 5.11 Å². The fraction of sp³-hybridized carbons (Fsp3) is 0.212. The summed E-state index contributed by atoms with van der Waals surface area (Å²) in [5.41, 5.74) is 13.4. The minimum absolute atomic E-state index is 0.150. The number of benzene rings is 5. The number of aromatic nitrogens is 4. The van der Waals surface area contributed by atoms with E-state index >= 15 is 0 Å². The lowest BCUT2D eigenvalue weighted by Gasteiger charge is -2.27. The van der Waals surface area contributed by atoms with Crippen molar-refractivity contribution >= 4 is 24.4 Å². The van der Waals surface area contributed by atoms with E-state index in [1.165, 1.54) is 27.4 Å². The van der Waals surface area contributed by atoms with Gasteiger partial charge in [0.15, 0.2) is 11.5 Å². The zero-order chi connectivity index (χ0) is 41.0. The summed E-state index contributed by atoms with van der Waals surface area (Å²) in [6, 6.07) is 46.8. The third kappa shape index (κ3) is 7.41. The molecule has 3 heterocycles. The van der Waals surface area contributed by atoms with Crippen LogP contribution in [-0.4, -0.2) is 32.7 Å². The molecule has 0 atom stereocenters. The average molecular weight is 777 g/mol. The van der Waals surface area contributed by atoms with Gasteiger partial charge in [0, 0.05) is 34.8 Å². The van der Waals surface area contributed by atoms with Crippen molar-refractivity contribution in [3.05, 3.63) is 157 Å². The van der Waals surface area contributed by atoms with E-state index in [4.69, 9.17) is 15.0 Å². The molecule has 3 aromatic heterocycles. The number of hydrogen-bond acceptors (Lipinski definition) is 4. The van der Waals surface area contributed by atoms with Crippen molar-refractivity contribution in [2.75, 3.05) is 0 Å². The lowest BCUT2D eigenvalue weighted by molar-refractivity contribution is 0.446. The van der Waals surface area contributed by atoms with Crippen LogP contribution in [0.25, 0.3) is 72.9 Å². The van der Waals surface area contributed by atoms with Crippen LogP contribution in [0, 0.1) is 0 Å². The third-order valence-electron chi connectivity index (χ3n) is 11.1. The zero-order valence-corrected chi connectivity index (χ0v) is 36.1. The predicted molar refractivity (Wildman–Crippen MR) is 246 cm³/mol. The van der Waals surface area contributed by atoms with Crippen LogP contribution in [0.2, 0.25) is 19.6 Å². The van der Waals surface area contributed by atoms with E-state index in [1.54, 1.807) is 0 Å². The van der Waals surface area contributed by atoms with Crippen molar-refractivity contribution in [3.8, 4) is 67.5 Å². The standard InChI is InChI=1S/C52H52N4OSi/c1-51(2,3)39-30-43(48(57)44(31-39)52(4,5)6)49-55-47-41(27-28-53-50(47)56(49)40-21-14-11-15-22-40)37-19-16-20-38(29-37)45-32-42(46(33-54-45)58(7,8)9)36-25-23-35(24-26-36)34-17-12-10-13-18-34/h10-33,57H,1-9H3. The molecule has 0 spiro atoms. The maximum atomic E-state index is 12.1. The molecule has 0 radical (unpaired) electrons. The SMILES string of the molecule is CC(C)(C)c1cc(-c2nc3c(-c4cccc(-c5cc(-c6ccc(-c7ccccc7)cc6)c([Si](C)(C)C)cn5)c4)ccnc3n2-c2ccccc2)c(O)c(C(C)(C)C)c1. The second kappa shape index (κ2) is 14.7. The topological polar surface area (TPSA) is 63.8 Å². The van der Waals surface area contributed by atoms with Gasteiger partial charge in [-0.1, -0.05) is 158 Å². The van der Waals surface area contributed by atoms with Gasteiger partial charge in [-0.2, -0.15) is 0 Å². The molecular formula is C52H52N4OSi. The van der Waals surface area contributed by atoms with E-state index in [0.717, 1.165) is 50.4 Å². The Labute approximate surface area is 344 Å². The van der Waals surface area contributed by atoms with Crippen molar-refractivity contribution < 1.29 is 5.11 Å². The first-order chi connectivity index (χ1) is 27.6. The molecule has 0 fully saturated rings. The Morgan fingerprint density at radius 1 is 0.552 bits per heavy atom. The normalized spacial score (nSPS) is 12.3. The molecule has 5 aromatic carbocycles. The molecule has 6 heteroatoms. The molecule has 0 unspecified atom stereocenters. The van der Waals surface area contributed by atoms with Gasteiger partial charge >= 0.3 is 0 Å². The molecule has 0 aliphatic carbocycles. The minimum Gasteiger partial charge on any atom is -0.507 e. The van der Waals surface area contributed by atoms with Crippen LogP contribution in [0.4, 0.5) is 0 Å². The van der Waals surface area contributed by atoms with Crippen LogP contribution in [0.3, 0.4) is 0 Å². The molecular weight excluding hydrogens is 725 g/mol. The number of nitrogens with zero attached hydrogens (tertiary/aromatic N) is 4. The van der Waals surface area contributed by atoms with E-state index in [2.05, 4.69) is 181 Å². The molecule has 0 aliphatic heterocycles. The fourth-order valence-corrected chi connectivity index (χ4v) is 9.26. The summed E-state index contributed by atoms with van der Waals surface area (Å²) >= 11 is 0. The van der Waals surface area contributed by atoms with Gasteiger partial charge in [0.25, 0.3) is 0 Å². The zero-order valence-electron chi connectivity index (χ0n) is 35.1. The number of phenols is 1. The maximum Gasteiger partial charge on any atom is 0.165 e. The summed E-state index contributed by atoms with van der Waals surface area (Å²) in [6.07, 6.45) is 3.97. The van der Waals surface area contributed by atoms with Gasteiger partial charge in [0.1, 0.15) is 11.3 Å². The highest BCUT2D eigenvalue weighted by Gasteiger charge is 2.29. The first-order valence-corrected chi connectivity index (χ1v) is 23.7. The minimum atomic E-state index is -1.75. The number of pyridine rings is 2. The molecule has 5 nitrogen and oxygen atoms in total. The highest BCUT2D eigenvalue weighted by atomic mass is 28.3. The van der Waals surface area contributed by atoms with E-state index in [9.17, 15) is 5.11 Å². The molecule has 0 saturated carbocycles. The van der Waals surface area contributed by atoms with Crippen LogP contribution in [0.15, 0.2) is 146 Å². The average Bonchev–Trinajstić information content (AvgIpc) is 3.60. The maximum absolute atomic E-state index is 12.1. The molecule has 0 aliphatic rings. The smallest absolute Gasteiger partial charge is 0.165 e. The summed E-state index contributed by atoms with van der Waals surface area (Å²) in [7, 11) is -1.75. The molecule has 0 bridgehead atoms. The number of rotatable bonds is 7. The van der Waals surface area contributed by atoms with Gasteiger partial charge in [-0.15, -0.1) is 0 Å². The van der Waals surface area contributed by atoms with Crippen LogP contribution < -0.4 is 5.19 Å². The van der Waals surface area contributed by atoms with Crippen molar-refractivity contribution in [2.45, 2.75) is 72.0 Å². The lowest BCUT2D eigenvalue weighted by Crippen LogP contribution is -2.39. The summed E-state index contributed by atoms with van der Waals surface area (Å²) in [6.45, 7) is 20.2. The van der Waals surface area contributed by atoms with E-state index in [1.807, 2.05) is 30.5 Å². The Kier molecular flexibility index (Phi) is 9.81. The number of aromatic hydroxyl groups is 1. The van der Waals surface area contributed by atoms with E-state index in [-0.39, 0.29) is 16.6 Å². The van der Waals surface area contributed by atoms with Crippen molar-refractivity contribution in [1.29, 1.82) is 0 Å². The summed E-state index contributed by atoms with van der Waals surface area (Å²) < 4.78 is 2.09. The Morgan fingerprint density at radius 3 is 1.83 bits per heavy atom. The van der Waals surface area contributed by atoms with E-state index in [0.29, 0.717) is 11.4 Å². The first-order valence-electron chi connectivity index (χ1n) is 20.2. The number of phenolic OH excluding ortho intramolecular Hbond substituents is 1. The van der Waals surface area contributed by atoms with Gasteiger partial charge in [-0.25, -0.2) is 9.97 Å². The molecule has 58 heavy (non-hydrogen) atoms. The van der Waals surface area contributed by atoms with Crippen molar-refractivity contribution in [3.63, 3.8) is 0 Å². The molecule has 0 amide bonds.